The summed E-state index contributed by atoms with van der Waals surface area (Å²) in [6.07, 6.45) is 0. The molecule has 0 aliphatic carbocycles. The molecule has 7 nitrogen and oxygen atoms in total. The molecule has 132 valence electrons. The number of aromatic nitrogens is 4. The number of halogens is 2. The van der Waals surface area contributed by atoms with Gasteiger partial charge in [-0.1, -0.05) is 44.0 Å². The van der Waals surface area contributed by atoms with Crippen molar-refractivity contribution in [3.63, 3.8) is 0 Å². The largest absolute Gasteiger partial charge is 0.341 e. The average molecular weight is 381 g/mol. The number of H-pyrrole nitrogens is 1. The maximum Gasteiger partial charge on any atom is 0.318 e. The number of hydrogen-bond donors (Lipinski definition) is 3. The Morgan fingerprint density at radius 2 is 1.96 bits per heavy atom. The van der Waals surface area contributed by atoms with Crippen LogP contribution in [0.3, 0.4) is 0 Å². The molecule has 0 unspecified atom stereocenters. The molecule has 0 fully saturated rings. The van der Waals surface area contributed by atoms with Gasteiger partial charge in [0.05, 0.1) is 10.7 Å². The monoisotopic (exact) mass is 380 g/mol. The molecule has 2 amide bonds. The van der Waals surface area contributed by atoms with Gasteiger partial charge < -0.3 is 15.6 Å². The molecule has 1 aromatic carbocycles. The molecule has 2 heterocycles. The first-order valence-electron chi connectivity index (χ1n) is 7.64. The van der Waals surface area contributed by atoms with Gasteiger partial charge in [-0.05, 0) is 18.2 Å². The van der Waals surface area contributed by atoms with Gasteiger partial charge in [-0.25, -0.2) is 4.79 Å². The second kappa shape index (κ2) is 6.24. The van der Waals surface area contributed by atoms with Gasteiger partial charge >= 0.3 is 6.03 Å². The lowest BCUT2D eigenvalue weighted by molar-refractivity contribution is 0.254. The highest BCUT2D eigenvalue weighted by Crippen LogP contribution is 2.33. The topological polar surface area (TPSA) is 87.1 Å². The van der Waals surface area contributed by atoms with Crippen molar-refractivity contribution in [2.45, 2.75) is 26.2 Å². The summed E-state index contributed by atoms with van der Waals surface area (Å²) in [6, 6.07) is 4.84. The van der Waals surface area contributed by atoms with E-state index in [-0.39, 0.29) is 11.4 Å². The van der Waals surface area contributed by atoms with Gasteiger partial charge in [-0.3, -0.25) is 0 Å². The molecule has 0 saturated heterocycles. The number of nitrogens with zero attached hydrogens (tertiary/aromatic N) is 3. The molecular weight excluding hydrogens is 363 g/mol. The highest BCUT2D eigenvalue weighted by molar-refractivity contribution is 6.34. The summed E-state index contributed by atoms with van der Waals surface area (Å²) in [7, 11) is 1.54. The Hall–Kier alpha value is -2.25. The number of nitrogens with one attached hydrogen (secondary N) is 3. The predicted molar refractivity (Wildman–Crippen MR) is 99.6 cm³/mol. The van der Waals surface area contributed by atoms with Crippen LogP contribution in [0.1, 0.15) is 26.5 Å². The van der Waals surface area contributed by atoms with E-state index in [2.05, 4.69) is 25.8 Å². The third-order valence-corrected chi connectivity index (χ3v) is 4.33. The summed E-state index contributed by atoms with van der Waals surface area (Å²) in [5.41, 5.74) is 2.47. The van der Waals surface area contributed by atoms with Crippen LogP contribution in [0, 0.1) is 0 Å². The summed E-state index contributed by atoms with van der Waals surface area (Å²) < 4.78 is 1.48. The molecule has 0 bridgehead atoms. The van der Waals surface area contributed by atoms with E-state index in [4.69, 9.17) is 23.2 Å². The molecule has 25 heavy (non-hydrogen) atoms. The van der Waals surface area contributed by atoms with Crippen LogP contribution in [-0.4, -0.2) is 32.9 Å². The number of benzene rings is 1. The minimum Gasteiger partial charge on any atom is -0.341 e. The van der Waals surface area contributed by atoms with Gasteiger partial charge in [0.15, 0.2) is 11.5 Å². The maximum atomic E-state index is 11.4. The highest BCUT2D eigenvalue weighted by atomic mass is 35.5. The molecule has 0 spiro atoms. The summed E-state index contributed by atoms with van der Waals surface area (Å²) in [4.78, 5) is 14.5. The summed E-state index contributed by atoms with van der Waals surface area (Å²) in [5, 5.41) is 15.0. The number of aromatic amines is 1. The third kappa shape index (κ3) is 3.29. The van der Waals surface area contributed by atoms with Crippen molar-refractivity contribution in [1.29, 1.82) is 0 Å². The molecule has 3 N–H and O–H groups in total. The zero-order chi connectivity index (χ0) is 18.4. The fourth-order valence-electron chi connectivity index (χ4n) is 2.38. The first-order valence-corrected chi connectivity index (χ1v) is 8.40. The number of rotatable bonds is 2. The second-order valence-electron chi connectivity index (χ2n) is 6.62. The van der Waals surface area contributed by atoms with Gasteiger partial charge in [-0.2, -0.15) is 5.10 Å². The molecule has 0 aliphatic heterocycles. The van der Waals surface area contributed by atoms with Gasteiger partial charge in [0.25, 0.3) is 0 Å². The molecular formula is C16H18Cl2N6O. The Morgan fingerprint density at radius 1 is 1.24 bits per heavy atom. The number of carbonyl (C=O) groups is 1. The normalized spacial score (nSPS) is 11.8. The van der Waals surface area contributed by atoms with Crippen LogP contribution < -0.4 is 10.6 Å². The van der Waals surface area contributed by atoms with Crippen molar-refractivity contribution >= 4 is 40.6 Å². The van der Waals surface area contributed by atoms with Gasteiger partial charge in [0.1, 0.15) is 5.02 Å². The van der Waals surface area contributed by atoms with Crippen molar-refractivity contribution in [2.24, 2.45) is 0 Å². The third-order valence-electron chi connectivity index (χ3n) is 3.66. The lowest BCUT2D eigenvalue weighted by atomic mass is 9.92. The number of hydrogen-bond acceptors (Lipinski definition) is 3. The van der Waals surface area contributed by atoms with E-state index >= 15 is 0 Å². The molecule has 0 saturated carbocycles. The smallest absolute Gasteiger partial charge is 0.318 e. The van der Waals surface area contributed by atoms with Crippen molar-refractivity contribution in [3.8, 4) is 11.4 Å². The van der Waals surface area contributed by atoms with Crippen molar-refractivity contribution in [2.75, 3.05) is 12.4 Å². The first kappa shape index (κ1) is 17.6. The Bertz CT molecular complexity index is 954. The highest BCUT2D eigenvalue weighted by Gasteiger charge is 2.25. The average Bonchev–Trinajstić information content (AvgIpc) is 3.06. The summed E-state index contributed by atoms with van der Waals surface area (Å²) >= 11 is 12.8. The van der Waals surface area contributed by atoms with Crippen LogP contribution in [0.15, 0.2) is 18.2 Å². The molecule has 0 atom stereocenters. The Balaban J connectivity index is 1.98. The zero-order valence-electron chi connectivity index (χ0n) is 14.2. The van der Waals surface area contributed by atoms with Crippen LogP contribution >= 0.6 is 23.2 Å². The van der Waals surface area contributed by atoms with E-state index in [1.54, 1.807) is 25.2 Å². The molecule has 2 aromatic heterocycles. The fraction of sp³-hybridized carbons (Fsp3) is 0.312. The Kier molecular flexibility index (Phi) is 4.38. The fourth-order valence-corrected chi connectivity index (χ4v) is 3.09. The maximum absolute atomic E-state index is 11.4. The molecule has 9 heteroatoms. The molecule has 3 rings (SSSR count). The number of carbonyl (C=O) groups excluding carboxylic acids is 1. The summed E-state index contributed by atoms with van der Waals surface area (Å²) in [6.45, 7) is 6.11. The second-order valence-corrected chi connectivity index (χ2v) is 7.41. The quantitative estimate of drug-likeness (QED) is 0.625. The standard InChI is InChI=1S/C16H18Cl2N6O/c1-16(2,3)12-11(18)14-21-13(23-24(14)22-12)9-6-5-8(7-10(9)17)20-15(25)19-4/h5-7H,1-4H3,(H,21,23)(H2,19,20,25). The van der Waals surface area contributed by atoms with Crippen LogP contribution in [0.4, 0.5) is 10.5 Å². The van der Waals surface area contributed by atoms with E-state index < -0.39 is 0 Å². The molecule has 0 radical (unpaired) electrons. The lowest BCUT2D eigenvalue weighted by Gasteiger charge is -2.14. The minimum atomic E-state index is -0.318. The van der Waals surface area contributed by atoms with E-state index in [1.165, 1.54) is 4.63 Å². The number of anilines is 1. The zero-order valence-corrected chi connectivity index (χ0v) is 15.7. The van der Waals surface area contributed by atoms with E-state index in [1.807, 2.05) is 20.8 Å². The Labute approximate surface area is 154 Å². The van der Waals surface area contributed by atoms with Gasteiger partial charge in [-0.15, -0.1) is 9.73 Å². The predicted octanol–water partition coefficient (Wildman–Crippen LogP) is 4.08. The molecule has 3 aromatic rings. The lowest BCUT2D eigenvalue weighted by Crippen LogP contribution is -2.24. The minimum absolute atomic E-state index is 0.184. The van der Waals surface area contributed by atoms with E-state index in [0.29, 0.717) is 32.8 Å². The van der Waals surface area contributed by atoms with E-state index in [9.17, 15) is 4.79 Å². The Morgan fingerprint density at radius 3 is 2.52 bits per heavy atom. The number of amides is 2. The number of urea groups is 1. The van der Waals surface area contributed by atoms with E-state index in [0.717, 1.165) is 5.69 Å². The van der Waals surface area contributed by atoms with Crippen molar-refractivity contribution in [3.05, 3.63) is 33.9 Å². The van der Waals surface area contributed by atoms with Crippen LogP contribution in [0.5, 0.6) is 0 Å². The van der Waals surface area contributed by atoms with Crippen LogP contribution in [0.25, 0.3) is 17.0 Å². The van der Waals surface area contributed by atoms with Crippen molar-refractivity contribution in [1.82, 2.24) is 25.1 Å². The SMILES string of the molecule is CNC(=O)Nc1ccc(-c2nn3nc(C(C)(C)C)c(Cl)c3[nH]2)c(Cl)c1. The van der Waals surface area contributed by atoms with Gasteiger partial charge in [0.2, 0.25) is 0 Å². The number of fused-ring (bicyclic) bond motifs is 1. The first-order chi connectivity index (χ1) is 11.7. The molecule has 0 aliphatic rings. The van der Waals surface area contributed by atoms with Crippen molar-refractivity contribution < 1.29 is 4.79 Å². The summed E-state index contributed by atoms with van der Waals surface area (Å²) in [5.74, 6) is 0.543. The van der Waals surface area contributed by atoms with Crippen LogP contribution in [-0.2, 0) is 5.41 Å². The van der Waals surface area contributed by atoms with Gasteiger partial charge in [0, 0.05) is 23.7 Å². The van der Waals surface area contributed by atoms with Crippen LogP contribution in [0.2, 0.25) is 10.0 Å².